The van der Waals surface area contributed by atoms with Crippen LogP contribution in [0.1, 0.15) is 17.3 Å². The predicted molar refractivity (Wildman–Crippen MR) is 58.3 cm³/mol. The molecule has 0 aromatic carbocycles. The Morgan fingerprint density at radius 1 is 1.31 bits per heavy atom. The normalized spacial score (nSPS) is 10.6. The first-order valence-electron chi connectivity index (χ1n) is 5.08. The molecule has 0 bridgehead atoms. The second kappa shape index (κ2) is 4.80. The highest BCUT2D eigenvalue weighted by Gasteiger charge is 2.03. The number of rotatable bonds is 4. The summed E-state index contributed by atoms with van der Waals surface area (Å²) in [5.74, 6) is 1.84. The summed E-state index contributed by atoms with van der Waals surface area (Å²) in [4.78, 5) is 7.98. The first-order valence-corrected chi connectivity index (χ1v) is 5.08. The summed E-state index contributed by atoms with van der Waals surface area (Å²) in [6.07, 6.45) is 3.28. The van der Waals surface area contributed by atoms with Crippen molar-refractivity contribution in [2.45, 2.75) is 20.0 Å². The minimum absolute atomic E-state index is 0.682. The van der Waals surface area contributed by atoms with Crippen molar-refractivity contribution in [3.05, 3.63) is 35.9 Å². The van der Waals surface area contributed by atoms with Gasteiger partial charge in [-0.3, -0.25) is 0 Å². The minimum atomic E-state index is 0.682. The molecule has 0 aliphatic rings. The van der Waals surface area contributed by atoms with E-state index in [-0.39, 0.29) is 0 Å². The van der Waals surface area contributed by atoms with Crippen LogP contribution < -0.4 is 5.32 Å². The lowest BCUT2D eigenvalue weighted by atomic mass is 10.4. The van der Waals surface area contributed by atoms with Crippen molar-refractivity contribution in [3.8, 4) is 0 Å². The summed E-state index contributed by atoms with van der Waals surface area (Å²) in [5.41, 5.74) is 0.967. The van der Waals surface area contributed by atoms with Gasteiger partial charge in [-0.05, 0) is 13.0 Å². The van der Waals surface area contributed by atoms with E-state index in [2.05, 4.69) is 25.5 Å². The van der Waals surface area contributed by atoms with Gasteiger partial charge in [0.1, 0.15) is 18.0 Å². The number of hydrogen-bond donors (Lipinski definition) is 1. The Balaban J connectivity index is 1.87. The van der Waals surface area contributed by atoms with Gasteiger partial charge in [-0.1, -0.05) is 0 Å². The molecule has 2 aromatic heterocycles. The van der Waals surface area contributed by atoms with Gasteiger partial charge in [0.25, 0.3) is 0 Å². The third kappa shape index (κ3) is 2.40. The maximum Gasteiger partial charge on any atom is 0.146 e. The van der Waals surface area contributed by atoms with Gasteiger partial charge in [0.2, 0.25) is 0 Å². The molecule has 0 fully saturated rings. The Hall–Kier alpha value is -1.82. The van der Waals surface area contributed by atoms with Gasteiger partial charge in [-0.15, -0.1) is 10.2 Å². The van der Waals surface area contributed by atoms with Gasteiger partial charge >= 0.3 is 0 Å². The van der Waals surface area contributed by atoms with E-state index in [4.69, 9.17) is 0 Å². The molecule has 0 radical (unpaired) electrons. The van der Waals surface area contributed by atoms with Crippen LogP contribution in [-0.4, -0.2) is 24.7 Å². The van der Waals surface area contributed by atoms with Crippen LogP contribution in [0.2, 0.25) is 0 Å². The molecule has 0 spiro atoms. The van der Waals surface area contributed by atoms with Crippen LogP contribution in [0.3, 0.4) is 0 Å². The second-order valence-corrected chi connectivity index (χ2v) is 3.53. The highest BCUT2D eigenvalue weighted by atomic mass is 15.3. The van der Waals surface area contributed by atoms with Crippen molar-refractivity contribution in [2.24, 2.45) is 7.05 Å². The van der Waals surface area contributed by atoms with E-state index in [9.17, 15) is 0 Å². The van der Waals surface area contributed by atoms with Gasteiger partial charge in [0.15, 0.2) is 0 Å². The number of hydrogen-bond acceptors (Lipinski definition) is 5. The van der Waals surface area contributed by atoms with Gasteiger partial charge in [0.05, 0.1) is 12.2 Å². The molecule has 2 rings (SSSR count). The number of nitrogens with zero attached hydrogens (tertiary/aromatic N) is 5. The molecule has 84 valence electrons. The zero-order chi connectivity index (χ0) is 11.4. The predicted octanol–water partition coefficient (Wildman–Crippen LogP) is 0.203. The molecule has 1 N–H and O–H groups in total. The lowest BCUT2D eigenvalue weighted by Crippen LogP contribution is -2.16. The van der Waals surface area contributed by atoms with Crippen LogP contribution in [0.5, 0.6) is 0 Å². The fourth-order valence-corrected chi connectivity index (χ4v) is 1.33. The van der Waals surface area contributed by atoms with Crippen molar-refractivity contribution < 1.29 is 0 Å². The Kier molecular flexibility index (Phi) is 3.21. The zero-order valence-corrected chi connectivity index (χ0v) is 9.38. The van der Waals surface area contributed by atoms with Gasteiger partial charge in [-0.25, -0.2) is 9.97 Å². The van der Waals surface area contributed by atoms with Gasteiger partial charge < -0.3 is 9.88 Å². The van der Waals surface area contributed by atoms with E-state index in [0.29, 0.717) is 13.1 Å². The van der Waals surface area contributed by atoms with E-state index in [1.54, 1.807) is 12.5 Å². The van der Waals surface area contributed by atoms with Crippen molar-refractivity contribution in [1.29, 1.82) is 0 Å². The third-order valence-corrected chi connectivity index (χ3v) is 2.42. The topological polar surface area (TPSA) is 68.5 Å². The lowest BCUT2D eigenvalue weighted by Gasteiger charge is -2.03. The van der Waals surface area contributed by atoms with E-state index >= 15 is 0 Å². The Morgan fingerprint density at radius 2 is 2.19 bits per heavy atom. The van der Waals surface area contributed by atoms with E-state index in [1.807, 2.05) is 24.6 Å². The van der Waals surface area contributed by atoms with Crippen molar-refractivity contribution in [2.75, 3.05) is 0 Å². The van der Waals surface area contributed by atoms with Crippen LogP contribution >= 0.6 is 0 Å². The molecule has 6 nitrogen and oxygen atoms in total. The molecule has 2 heterocycles. The monoisotopic (exact) mass is 218 g/mol. The zero-order valence-electron chi connectivity index (χ0n) is 9.38. The quantitative estimate of drug-likeness (QED) is 0.794. The lowest BCUT2D eigenvalue weighted by molar-refractivity contribution is 0.625. The molecular weight excluding hydrogens is 204 g/mol. The fraction of sp³-hybridized carbons (Fsp3) is 0.400. The van der Waals surface area contributed by atoms with Gasteiger partial charge in [-0.2, -0.15) is 0 Å². The molecule has 0 atom stereocenters. The Bertz CT molecular complexity index is 450. The Labute approximate surface area is 93.8 Å². The average Bonchev–Trinajstić information content (AvgIpc) is 2.62. The fourth-order valence-electron chi connectivity index (χ4n) is 1.33. The van der Waals surface area contributed by atoms with E-state index < -0.39 is 0 Å². The first-order chi connectivity index (χ1) is 7.77. The van der Waals surface area contributed by atoms with Crippen molar-refractivity contribution >= 4 is 0 Å². The summed E-state index contributed by atoms with van der Waals surface area (Å²) in [5, 5.41) is 11.3. The number of aromatic nitrogens is 5. The summed E-state index contributed by atoms with van der Waals surface area (Å²) in [7, 11) is 1.96. The number of aryl methyl sites for hydroxylation is 1. The minimum Gasteiger partial charge on any atom is -0.317 e. The Morgan fingerprint density at radius 3 is 2.81 bits per heavy atom. The molecule has 0 saturated heterocycles. The van der Waals surface area contributed by atoms with Crippen LogP contribution in [-0.2, 0) is 20.1 Å². The molecule has 0 saturated carbocycles. The molecule has 0 aliphatic heterocycles. The molecule has 0 unspecified atom stereocenters. The highest BCUT2D eigenvalue weighted by Crippen LogP contribution is 1.97. The van der Waals surface area contributed by atoms with Crippen LogP contribution in [0.4, 0.5) is 0 Å². The maximum atomic E-state index is 4.12. The van der Waals surface area contributed by atoms with Gasteiger partial charge in [0, 0.05) is 19.8 Å². The molecule has 0 amide bonds. The van der Waals surface area contributed by atoms with Crippen LogP contribution in [0.25, 0.3) is 0 Å². The van der Waals surface area contributed by atoms with E-state index in [0.717, 1.165) is 17.3 Å². The standard InChI is InChI=1S/C10H14N6/c1-8-14-15-10(16(8)2)6-12-5-9-3-4-11-7-13-9/h3-4,7,12H,5-6H2,1-2H3. The third-order valence-electron chi connectivity index (χ3n) is 2.42. The molecule has 16 heavy (non-hydrogen) atoms. The molecule has 6 heteroatoms. The highest BCUT2D eigenvalue weighted by molar-refractivity contribution is 4.98. The van der Waals surface area contributed by atoms with Crippen LogP contribution in [0.15, 0.2) is 18.6 Å². The second-order valence-electron chi connectivity index (χ2n) is 3.53. The summed E-state index contributed by atoms with van der Waals surface area (Å²) in [6, 6.07) is 1.88. The summed E-state index contributed by atoms with van der Waals surface area (Å²) < 4.78 is 1.97. The smallest absolute Gasteiger partial charge is 0.146 e. The number of nitrogens with one attached hydrogen (secondary N) is 1. The summed E-state index contributed by atoms with van der Waals surface area (Å²) >= 11 is 0. The van der Waals surface area contributed by atoms with E-state index in [1.165, 1.54) is 0 Å². The molecule has 2 aromatic rings. The van der Waals surface area contributed by atoms with Crippen molar-refractivity contribution in [1.82, 2.24) is 30.0 Å². The average molecular weight is 218 g/mol. The maximum absolute atomic E-state index is 4.12. The van der Waals surface area contributed by atoms with Crippen LogP contribution in [0, 0.1) is 6.92 Å². The first kappa shape index (κ1) is 10.7. The molecule has 0 aliphatic carbocycles. The largest absolute Gasteiger partial charge is 0.317 e. The summed E-state index contributed by atoms with van der Waals surface area (Å²) in [6.45, 7) is 3.32. The molecular formula is C10H14N6. The SMILES string of the molecule is Cc1nnc(CNCc2ccncn2)n1C. The van der Waals surface area contributed by atoms with Crippen molar-refractivity contribution in [3.63, 3.8) is 0 Å².